The van der Waals surface area contributed by atoms with Crippen LogP contribution in [0.2, 0.25) is 0 Å². The zero-order valence-corrected chi connectivity index (χ0v) is 9.84. The van der Waals surface area contributed by atoms with E-state index in [9.17, 15) is 5.11 Å². The van der Waals surface area contributed by atoms with Crippen molar-refractivity contribution in [2.75, 3.05) is 0 Å². The molecule has 0 radical (unpaired) electrons. The van der Waals surface area contributed by atoms with Crippen molar-refractivity contribution in [2.45, 2.75) is 19.6 Å². The molecule has 17 heavy (non-hydrogen) atoms. The fourth-order valence-electron chi connectivity index (χ4n) is 1.61. The second kappa shape index (κ2) is 5.51. The molecule has 1 atom stereocenters. The van der Waals surface area contributed by atoms with E-state index in [-0.39, 0.29) is 0 Å². The molecule has 2 aromatic rings. The standard InChI is InChI=1S/C15H16O2/c1-12(16)14-8-5-9-15(10-14)17-11-13-6-3-2-4-7-13/h2-10,12,16H,11H2,1H3/t12-/m0/s1. The number of ether oxygens (including phenoxy) is 1. The van der Waals surface area contributed by atoms with E-state index in [2.05, 4.69) is 0 Å². The summed E-state index contributed by atoms with van der Waals surface area (Å²) in [5, 5.41) is 9.48. The predicted molar refractivity (Wildman–Crippen MR) is 67.8 cm³/mol. The molecule has 2 rings (SSSR count). The lowest BCUT2D eigenvalue weighted by molar-refractivity contribution is 0.198. The highest BCUT2D eigenvalue weighted by Gasteiger charge is 2.02. The molecule has 0 spiro atoms. The zero-order valence-electron chi connectivity index (χ0n) is 9.84. The molecular formula is C15H16O2. The highest BCUT2D eigenvalue weighted by atomic mass is 16.5. The first-order valence-corrected chi connectivity index (χ1v) is 5.70. The summed E-state index contributed by atoms with van der Waals surface area (Å²) in [6, 6.07) is 17.6. The van der Waals surface area contributed by atoms with Gasteiger partial charge in [0.1, 0.15) is 12.4 Å². The lowest BCUT2D eigenvalue weighted by atomic mass is 10.1. The van der Waals surface area contributed by atoms with E-state index in [1.54, 1.807) is 6.92 Å². The van der Waals surface area contributed by atoms with Gasteiger partial charge in [-0.15, -0.1) is 0 Å². The SMILES string of the molecule is C[C@H](O)c1cccc(OCc2ccccc2)c1. The molecule has 0 heterocycles. The van der Waals surface area contributed by atoms with Gasteiger partial charge >= 0.3 is 0 Å². The van der Waals surface area contributed by atoms with E-state index >= 15 is 0 Å². The molecule has 0 amide bonds. The van der Waals surface area contributed by atoms with Crippen molar-refractivity contribution in [1.29, 1.82) is 0 Å². The lowest BCUT2D eigenvalue weighted by Crippen LogP contribution is -1.97. The maximum absolute atomic E-state index is 9.48. The molecule has 1 N–H and O–H groups in total. The van der Waals surface area contributed by atoms with Crippen molar-refractivity contribution >= 4 is 0 Å². The highest BCUT2D eigenvalue weighted by molar-refractivity contribution is 5.30. The first kappa shape index (κ1) is 11.7. The third-order valence-corrected chi connectivity index (χ3v) is 2.59. The van der Waals surface area contributed by atoms with Gasteiger partial charge < -0.3 is 9.84 Å². The second-order valence-corrected chi connectivity index (χ2v) is 4.02. The molecule has 2 heteroatoms. The van der Waals surface area contributed by atoms with Gasteiger partial charge in [0.2, 0.25) is 0 Å². The van der Waals surface area contributed by atoms with Crippen LogP contribution in [0.3, 0.4) is 0 Å². The van der Waals surface area contributed by atoms with Gasteiger partial charge in [-0.2, -0.15) is 0 Å². The van der Waals surface area contributed by atoms with Gasteiger partial charge in [0.25, 0.3) is 0 Å². The fraction of sp³-hybridized carbons (Fsp3) is 0.200. The highest BCUT2D eigenvalue weighted by Crippen LogP contribution is 2.19. The Morgan fingerprint density at radius 3 is 2.53 bits per heavy atom. The Hall–Kier alpha value is -1.80. The molecule has 0 aliphatic carbocycles. The summed E-state index contributed by atoms with van der Waals surface area (Å²) in [6.45, 7) is 2.29. The van der Waals surface area contributed by atoms with Gasteiger partial charge in [-0.25, -0.2) is 0 Å². The van der Waals surface area contributed by atoms with E-state index in [1.165, 1.54) is 0 Å². The van der Waals surface area contributed by atoms with E-state index in [0.29, 0.717) is 6.61 Å². The molecule has 0 aliphatic heterocycles. The summed E-state index contributed by atoms with van der Waals surface area (Å²) in [7, 11) is 0. The Balaban J connectivity index is 2.02. The second-order valence-electron chi connectivity index (χ2n) is 4.02. The predicted octanol–water partition coefficient (Wildman–Crippen LogP) is 3.32. The van der Waals surface area contributed by atoms with E-state index in [1.807, 2.05) is 54.6 Å². The Morgan fingerprint density at radius 1 is 1.06 bits per heavy atom. The van der Waals surface area contributed by atoms with Crippen molar-refractivity contribution in [3.05, 3.63) is 65.7 Å². The van der Waals surface area contributed by atoms with Crippen molar-refractivity contribution in [3.63, 3.8) is 0 Å². The Morgan fingerprint density at radius 2 is 1.82 bits per heavy atom. The quantitative estimate of drug-likeness (QED) is 0.869. The molecule has 0 aromatic heterocycles. The number of hydrogen-bond acceptors (Lipinski definition) is 2. The molecule has 0 fully saturated rings. The first-order chi connectivity index (χ1) is 8.25. The van der Waals surface area contributed by atoms with Gasteiger partial charge in [-0.05, 0) is 30.2 Å². The minimum Gasteiger partial charge on any atom is -0.489 e. The van der Waals surface area contributed by atoms with Crippen LogP contribution in [0.5, 0.6) is 5.75 Å². The number of benzene rings is 2. The summed E-state index contributed by atoms with van der Waals surface area (Å²) in [6.07, 6.45) is -0.463. The number of rotatable bonds is 4. The largest absolute Gasteiger partial charge is 0.489 e. The van der Waals surface area contributed by atoms with Crippen molar-refractivity contribution in [3.8, 4) is 5.75 Å². The molecule has 0 aliphatic rings. The smallest absolute Gasteiger partial charge is 0.120 e. The number of aliphatic hydroxyl groups is 1. The van der Waals surface area contributed by atoms with Crippen molar-refractivity contribution < 1.29 is 9.84 Å². The lowest BCUT2D eigenvalue weighted by Gasteiger charge is -2.09. The van der Waals surface area contributed by atoms with Crippen LogP contribution in [0.4, 0.5) is 0 Å². The van der Waals surface area contributed by atoms with Crippen LogP contribution in [-0.4, -0.2) is 5.11 Å². The summed E-state index contributed by atoms with van der Waals surface area (Å²) in [5.41, 5.74) is 2.01. The topological polar surface area (TPSA) is 29.5 Å². The third kappa shape index (κ3) is 3.33. The summed E-state index contributed by atoms with van der Waals surface area (Å²) >= 11 is 0. The molecule has 0 unspecified atom stereocenters. The summed E-state index contributed by atoms with van der Waals surface area (Å²) in [4.78, 5) is 0. The van der Waals surface area contributed by atoms with Crippen LogP contribution in [-0.2, 0) is 6.61 Å². The van der Waals surface area contributed by atoms with Crippen LogP contribution in [0.25, 0.3) is 0 Å². The van der Waals surface area contributed by atoms with Crippen LogP contribution in [0.15, 0.2) is 54.6 Å². The number of aliphatic hydroxyl groups excluding tert-OH is 1. The maximum atomic E-state index is 9.48. The minimum atomic E-state index is -0.463. The van der Waals surface area contributed by atoms with E-state index < -0.39 is 6.10 Å². The average molecular weight is 228 g/mol. The van der Waals surface area contributed by atoms with Gasteiger partial charge in [0.05, 0.1) is 6.10 Å². The molecular weight excluding hydrogens is 212 g/mol. The summed E-state index contributed by atoms with van der Waals surface area (Å²) < 4.78 is 5.67. The van der Waals surface area contributed by atoms with Crippen LogP contribution < -0.4 is 4.74 Å². The number of hydrogen-bond donors (Lipinski definition) is 1. The van der Waals surface area contributed by atoms with Gasteiger partial charge in [0.15, 0.2) is 0 Å². The zero-order chi connectivity index (χ0) is 12.1. The van der Waals surface area contributed by atoms with E-state index in [0.717, 1.165) is 16.9 Å². The molecule has 0 saturated carbocycles. The average Bonchev–Trinajstić information content (AvgIpc) is 2.38. The van der Waals surface area contributed by atoms with Gasteiger partial charge in [0, 0.05) is 0 Å². The Bertz CT molecular complexity index is 463. The van der Waals surface area contributed by atoms with Crippen LogP contribution >= 0.6 is 0 Å². The molecule has 0 saturated heterocycles. The molecule has 2 aromatic carbocycles. The van der Waals surface area contributed by atoms with Crippen molar-refractivity contribution in [2.24, 2.45) is 0 Å². The molecule has 88 valence electrons. The van der Waals surface area contributed by atoms with E-state index in [4.69, 9.17) is 4.74 Å². The van der Waals surface area contributed by atoms with Gasteiger partial charge in [-0.1, -0.05) is 42.5 Å². The van der Waals surface area contributed by atoms with Crippen LogP contribution in [0, 0.1) is 0 Å². The molecule has 2 nitrogen and oxygen atoms in total. The molecule has 0 bridgehead atoms. The first-order valence-electron chi connectivity index (χ1n) is 5.70. The van der Waals surface area contributed by atoms with Crippen molar-refractivity contribution in [1.82, 2.24) is 0 Å². The Kier molecular flexibility index (Phi) is 3.78. The minimum absolute atomic E-state index is 0.463. The Labute approximate surface area is 101 Å². The van der Waals surface area contributed by atoms with Crippen LogP contribution in [0.1, 0.15) is 24.2 Å². The summed E-state index contributed by atoms with van der Waals surface area (Å²) in [5.74, 6) is 0.784. The van der Waals surface area contributed by atoms with Gasteiger partial charge in [-0.3, -0.25) is 0 Å². The maximum Gasteiger partial charge on any atom is 0.120 e. The fourth-order valence-corrected chi connectivity index (χ4v) is 1.61. The third-order valence-electron chi connectivity index (χ3n) is 2.59. The normalized spacial score (nSPS) is 12.1. The monoisotopic (exact) mass is 228 g/mol.